The third-order valence-corrected chi connectivity index (χ3v) is 3.15. The Hall–Kier alpha value is -2.95. The standard InChI is InChI=1S/C15H8O5/c16-7-12-10(8-1-3-9(17)4-2-8)5-6-11-13(12)15(19)20-14(11)18/h1-7,17H. The topological polar surface area (TPSA) is 80.7 Å². The van der Waals surface area contributed by atoms with Crippen molar-refractivity contribution in [3.63, 3.8) is 0 Å². The summed E-state index contributed by atoms with van der Waals surface area (Å²) < 4.78 is 4.51. The molecular formula is C15H8O5. The van der Waals surface area contributed by atoms with Crippen LogP contribution in [-0.4, -0.2) is 23.3 Å². The molecule has 0 aromatic heterocycles. The van der Waals surface area contributed by atoms with Crippen LogP contribution in [0, 0.1) is 0 Å². The summed E-state index contributed by atoms with van der Waals surface area (Å²) >= 11 is 0. The molecule has 0 saturated carbocycles. The van der Waals surface area contributed by atoms with Crippen molar-refractivity contribution >= 4 is 18.2 Å². The molecule has 0 atom stereocenters. The van der Waals surface area contributed by atoms with Crippen molar-refractivity contribution in [1.82, 2.24) is 0 Å². The Balaban J connectivity index is 2.26. The maximum absolute atomic E-state index is 11.7. The van der Waals surface area contributed by atoms with Crippen molar-refractivity contribution in [2.75, 3.05) is 0 Å². The van der Waals surface area contributed by atoms with E-state index in [1.807, 2.05) is 0 Å². The Morgan fingerprint density at radius 2 is 1.55 bits per heavy atom. The second-order valence-electron chi connectivity index (χ2n) is 4.29. The van der Waals surface area contributed by atoms with Crippen LogP contribution in [0.2, 0.25) is 0 Å². The molecule has 0 spiro atoms. The first kappa shape index (κ1) is 12.1. The predicted octanol–water partition coefficient (Wildman–Crippen LogP) is 2.18. The number of ether oxygens (including phenoxy) is 1. The van der Waals surface area contributed by atoms with Gasteiger partial charge in [-0.2, -0.15) is 0 Å². The van der Waals surface area contributed by atoms with Crippen molar-refractivity contribution in [3.8, 4) is 16.9 Å². The lowest BCUT2D eigenvalue weighted by atomic mass is 9.93. The van der Waals surface area contributed by atoms with Crippen LogP contribution in [-0.2, 0) is 4.74 Å². The number of hydrogen-bond donors (Lipinski definition) is 1. The molecule has 5 nitrogen and oxygen atoms in total. The van der Waals surface area contributed by atoms with Crippen LogP contribution < -0.4 is 0 Å². The highest BCUT2D eigenvalue weighted by molar-refractivity contribution is 6.19. The van der Waals surface area contributed by atoms with E-state index in [1.54, 1.807) is 18.2 Å². The molecule has 1 aliphatic rings. The lowest BCUT2D eigenvalue weighted by Crippen LogP contribution is -2.01. The largest absolute Gasteiger partial charge is 0.508 e. The molecule has 5 heteroatoms. The summed E-state index contributed by atoms with van der Waals surface area (Å²) in [5.74, 6) is -1.46. The number of carbonyl (C=O) groups excluding carboxylic acids is 3. The second kappa shape index (κ2) is 4.31. The quantitative estimate of drug-likeness (QED) is 0.513. The molecule has 2 aromatic carbocycles. The maximum atomic E-state index is 11.7. The summed E-state index contributed by atoms with van der Waals surface area (Å²) in [6.07, 6.45) is 0.529. The highest BCUT2D eigenvalue weighted by Gasteiger charge is 2.33. The van der Waals surface area contributed by atoms with Crippen molar-refractivity contribution in [2.24, 2.45) is 0 Å². The lowest BCUT2D eigenvalue weighted by Gasteiger charge is -2.07. The molecule has 1 aliphatic heterocycles. The van der Waals surface area contributed by atoms with Crippen molar-refractivity contribution in [2.45, 2.75) is 0 Å². The van der Waals surface area contributed by atoms with Gasteiger partial charge in [0.25, 0.3) is 0 Å². The molecular weight excluding hydrogens is 260 g/mol. The molecule has 1 N–H and O–H groups in total. The van der Waals surface area contributed by atoms with Crippen LogP contribution in [0.25, 0.3) is 11.1 Å². The smallest absolute Gasteiger partial charge is 0.347 e. The number of phenols is 1. The zero-order valence-corrected chi connectivity index (χ0v) is 10.1. The normalized spacial score (nSPS) is 13.0. The molecule has 98 valence electrons. The van der Waals surface area contributed by atoms with Gasteiger partial charge in [0, 0.05) is 5.56 Å². The number of aldehydes is 1. The van der Waals surface area contributed by atoms with Crippen molar-refractivity contribution < 1.29 is 24.2 Å². The average Bonchev–Trinajstić information content (AvgIpc) is 2.74. The minimum atomic E-state index is -0.812. The van der Waals surface area contributed by atoms with Crippen LogP contribution in [0.4, 0.5) is 0 Å². The van der Waals surface area contributed by atoms with Gasteiger partial charge in [0.1, 0.15) is 5.75 Å². The van der Waals surface area contributed by atoms with Crippen LogP contribution >= 0.6 is 0 Å². The average molecular weight is 268 g/mol. The molecule has 0 aliphatic carbocycles. The summed E-state index contributed by atoms with van der Waals surface area (Å²) in [5, 5.41) is 9.27. The van der Waals surface area contributed by atoms with Crippen LogP contribution in [0.3, 0.4) is 0 Å². The van der Waals surface area contributed by atoms with Gasteiger partial charge < -0.3 is 9.84 Å². The number of phenolic OH excluding ortho intramolecular Hbond substituents is 1. The van der Waals surface area contributed by atoms with Crippen LogP contribution in [0.5, 0.6) is 5.75 Å². The Kier molecular flexibility index (Phi) is 2.61. The van der Waals surface area contributed by atoms with E-state index >= 15 is 0 Å². The van der Waals surface area contributed by atoms with E-state index in [4.69, 9.17) is 0 Å². The Morgan fingerprint density at radius 3 is 2.20 bits per heavy atom. The van der Waals surface area contributed by atoms with Gasteiger partial charge in [0.05, 0.1) is 11.1 Å². The van der Waals surface area contributed by atoms with Gasteiger partial charge in [-0.05, 0) is 29.3 Å². The van der Waals surface area contributed by atoms with E-state index in [-0.39, 0.29) is 22.4 Å². The summed E-state index contributed by atoms with van der Waals surface area (Å²) in [5.41, 5.74) is 1.37. The summed E-state index contributed by atoms with van der Waals surface area (Å²) in [6.45, 7) is 0. The first-order chi connectivity index (χ1) is 9.61. The van der Waals surface area contributed by atoms with Gasteiger partial charge in [-0.1, -0.05) is 18.2 Å². The van der Waals surface area contributed by atoms with Gasteiger partial charge in [0.15, 0.2) is 6.29 Å². The number of esters is 2. The molecule has 0 saturated heterocycles. The molecule has 1 heterocycles. The molecule has 0 amide bonds. The fraction of sp³-hybridized carbons (Fsp3) is 0. The van der Waals surface area contributed by atoms with E-state index < -0.39 is 11.9 Å². The van der Waals surface area contributed by atoms with Gasteiger partial charge in [-0.3, -0.25) is 4.79 Å². The number of cyclic esters (lactones) is 2. The minimum absolute atomic E-state index is 0.00410. The highest BCUT2D eigenvalue weighted by Crippen LogP contribution is 2.32. The zero-order chi connectivity index (χ0) is 14.3. The summed E-state index contributed by atoms with van der Waals surface area (Å²) in [6, 6.07) is 9.21. The van der Waals surface area contributed by atoms with Crippen LogP contribution in [0.15, 0.2) is 36.4 Å². The third kappa shape index (κ3) is 1.68. The van der Waals surface area contributed by atoms with E-state index in [0.717, 1.165) is 0 Å². The molecule has 2 aromatic rings. The summed E-state index contributed by atoms with van der Waals surface area (Å²) in [7, 11) is 0. The lowest BCUT2D eigenvalue weighted by molar-refractivity contribution is 0.0443. The molecule has 0 radical (unpaired) electrons. The van der Waals surface area contributed by atoms with E-state index in [2.05, 4.69) is 4.74 Å². The number of carbonyl (C=O) groups is 3. The van der Waals surface area contributed by atoms with Gasteiger partial charge >= 0.3 is 11.9 Å². The second-order valence-corrected chi connectivity index (χ2v) is 4.29. The number of benzene rings is 2. The first-order valence-corrected chi connectivity index (χ1v) is 5.80. The summed E-state index contributed by atoms with van der Waals surface area (Å²) in [4.78, 5) is 34.4. The molecule has 0 bridgehead atoms. The van der Waals surface area contributed by atoms with Gasteiger partial charge in [0.2, 0.25) is 0 Å². The predicted molar refractivity (Wildman–Crippen MR) is 68.7 cm³/mol. The van der Waals surface area contributed by atoms with E-state index in [9.17, 15) is 19.5 Å². The number of rotatable bonds is 2. The first-order valence-electron chi connectivity index (χ1n) is 5.80. The van der Waals surface area contributed by atoms with Gasteiger partial charge in [-0.25, -0.2) is 9.59 Å². The Labute approximate surface area is 113 Å². The SMILES string of the molecule is O=Cc1c(-c2ccc(O)cc2)ccc2c1C(=O)OC2=O. The highest BCUT2D eigenvalue weighted by atomic mass is 16.6. The Morgan fingerprint density at radius 1 is 0.900 bits per heavy atom. The number of fused-ring (bicyclic) bond motifs is 1. The van der Waals surface area contributed by atoms with Gasteiger partial charge in [-0.15, -0.1) is 0 Å². The minimum Gasteiger partial charge on any atom is -0.508 e. The molecule has 0 unspecified atom stereocenters. The monoisotopic (exact) mass is 268 g/mol. The number of hydrogen-bond acceptors (Lipinski definition) is 5. The molecule has 0 fully saturated rings. The van der Waals surface area contributed by atoms with E-state index in [0.29, 0.717) is 17.4 Å². The maximum Gasteiger partial charge on any atom is 0.347 e. The van der Waals surface area contributed by atoms with Crippen molar-refractivity contribution in [1.29, 1.82) is 0 Å². The fourth-order valence-corrected chi connectivity index (χ4v) is 2.21. The van der Waals surface area contributed by atoms with Crippen molar-refractivity contribution in [3.05, 3.63) is 53.1 Å². The van der Waals surface area contributed by atoms with E-state index in [1.165, 1.54) is 18.2 Å². The zero-order valence-electron chi connectivity index (χ0n) is 10.1. The Bertz CT molecular complexity index is 744. The molecule has 3 rings (SSSR count). The van der Waals surface area contributed by atoms with Crippen LogP contribution in [0.1, 0.15) is 31.1 Å². The number of aromatic hydroxyl groups is 1. The fourth-order valence-electron chi connectivity index (χ4n) is 2.21. The third-order valence-electron chi connectivity index (χ3n) is 3.15. The molecule has 20 heavy (non-hydrogen) atoms.